The quantitative estimate of drug-likeness (QED) is 0.710. The molecular formula is C23H23N3O. The van der Waals surface area contributed by atoms with E-state index in [9.17, 15) is 4.79 Å². The van der Waals surface area contributed by atoms with E-state index in [1.54, 1.807) is 11.1 Å². The molecule has 2 aromatic carbocycles. The van der Waals surface area contributed by atoms with Crippen LogP contribution in [-0.4, -0.2) is 10.9 Å². The van der Waals surface area contributed by atoms with Crippen LogP contribution in [0.2, 0.25) is 0 Å². The van der Waals surface area contributed by atoms with E-state index in [0.29, 0.717) is 5.82 Å². The lowest BCUT2D eigenvalue weighted by Gasteiger charge is -2.28. The van der Waals surface area contributed by atoms with E-state index in [-0.39, 0.29) is 12.1 Å². The first-order valence-electron chi connectivity index (χ1n) is 9.15. The zero-order valence-corrected chi connectivity index (χ0v) is 16.1. The molecule has 1 atom stereocenters. The Morgan fingerprint density at radius 1 is 0.926 bits per heavy atom. The van der Waals surface area contributed by atoms with Crippen LogP contribution in [0.1, 0.15) is 44.3 Å². The van der Waals surface area contributed by atoms with Crippen molar-refractivity contribution in [3.8, 4) is 0 Å². The smallest absolute Gasteiger partial charge is 0.261 e. The Labute approximate surface area is 159 Å². The Morgan fingerprint density at radius 3 is 2.33 bits per heavy atom. The molecule has 4 heteroatoms. The summed E-state index contributed by atoms with van der Waals surface area (Å²) in [6, 6.07) is 16.0. The van der Waals surface area contributed by atoms with Crippen molar-refractivity contribution >= 4 is 17.4 Å². The summed E-state index contributed by atoms with van der Waals surface area (Å²) in [4.78, 5) is 19.4. The van der Waals surface area contributed by atoms with E-state index < -0.39 is 0 Å². The number of benzene rings is 2. The molecule has 0 saturated carbocycles. The predicted octanol–water partition coefficient (Wildman–Crippen LogP) is 5.09. The fourth-order valence-corrected chi connectivity index (χ4v) is 3.89. The van der Waals surface area contributed by atoms with Crippen LogP contribution < -0.4 is 10.2 Å². The highest BCUT2D eigenvalue weighted by molar-refractivity contribution is 6.11. The molecule has 0 fully saturated rings. The molecule has 1 N–H and O–H groups in total. The van der Waals surface area contributed by atoms with Crippen LogP contribution in [0.5, 0.6) is 0 Å². The van der Waals surface area contributed by atoms with Gasteiger partial charge in [-0.2, -0.15) is 0 Å². The van der Waals surface area contributed by atoms with Gasteiger partial charge in [0.25, 0.3) is 5.91 Å². The van der Waals surface area contributed by atoms with Crippen molar-refractivity contribution in [2.75, 3.05) is 10.2 Å². The van der Waals surface area contributed by atoms with Crippen LogP contribution in [-0.2, 0) is 0 Å². The third-order valence-electron chi connectivity index (χ3n) is 5.07. The molecule has 1 aromatic heterocycles. The summed E-state index contributed by atoms with van der Waals surface area (Å²) in [5, 5.41) is 3.62. The Balaban J connectivity index is 1.83. The lowest BCUT2D eigenvalue weighted by atomic mass is 10.0. The van der Waals surface area contributed by atoms with E-state index in [2.05, 4.69) is 43.2 Å². The Bertz CT molecular complexity index is 1020. The number of nitrogens with zero attached hydrogens (tertiary/aromatic N) is 2. The number of rotatable bonds is 3. The van der Waals surface area contributed by atoms with E-state index >= 15 is 0 Å². The number of amides is 1. The number of fused-ring (bicyclic) bond motifs is 1. The Morgan fingerprint density at radius 2 is 1.63 bits per heavy atom. The van der Waals surface area contributed by atoms with Crippen molar-refractivity contribution in [3.05, 3.63) is 88.1 Å². The van der Waals surface area contributed by atoms with Gasteiger partial charge in [0.15, 0.2) is 0 Å². The molecule has 1 aliphatic heterocycles. The van der Waals surface area contributed by atoms with Gasteiger partial charge in [0.1, 0.15) is 12.0 Å². The number of hydrogen-bond donors (Lipinski definition) is 1. The van der Waals surface area contributed by atoms with Gasteiger partial charge in [-0.05, 0) is 62.6 Å². The average molecular weight is 357 g/mol. The predicted molar refractivity (Wildman–Crippen MR) is 109 cm³/mol. The van der Waals surface area contributed by atoms with Crippen LogP contribution in [0.25, 0.3) is 0 Å². The number of hydrogen-bond acceptors (Lipinski definition) is 3. The number of carbonyl (C=O) groups excluding carboxylic acids is 1. The first-order chi connectivity index (χ1) is 13.0. The molecule has 4 nitrogen and oxygen atoms in total. The largest absolute Gasteiger partial charge is 0.361 e. The number of anilines is 2. The molecule has 0 aliphatic carbocycles. The number of aromatic nitrogens is 1. The van der Waals surface area contributed by atoms with Crippen molar-refractivity contribution in [2.24, 2.45) is 0 Å². The minimum absolute atomic E-state index is 0.0244. The fourth-order valence-electron chi connectivity index (χ4n) is 3.89. The van der Waals surface area contributed by atoms with Gasteiger partial charge in [0.05, 0.1) is 0 Å². The van der Waals surface area contributed by atoms with Crippen molar-refractivity contribution in [1.29, 1.82) is 0 Å². The summed E-state index contributed by atoms with van der Waals surface area (Å²) in [6.07, 6.45) is 1.46. The van der Waals surface area contributed by atoms with Gasteiger partial charge in [-0.1, -0.05) is 35.9 Å². The maximum absolute atomic E-state index is 13.2. The summed E-state index contributed by atoms with van der Waals surface area (Å²) in [5.74, 6) is 0.639. The Hall–Kier alpha value is -3.14. The Kier molecular flexibility index (Phi) is 4.19. The topological polar surface area (TPSA) is 45.2 Å². The normalized spacial score (nSPS) is 15.8. The van der Waals surface area contributed by atoms with Crippen molar-refractivity contribution in [1.82, 2.24) is 4.98 Å². The second-order valence-electron chi connectivity index (χ2n) is 7.27. The van der Waals surface area contributed by atoms with Gasteiger partial charge in [-0.15, -0.1) is 0 Å². The number of nitrogens with one attached hydrogen (secondary N) is 1. The van der Waals surface area contributed by atoms with Crippen LogP contribution in [0, 0.1) is 27.7 Å². The minimum Gasteiger partial charge on any atom is -0.361 e. The highest BCUT2D eigenvalue weighted by Crippen LogP contribution is 2.38. The average Bonchev–Trinajstić information content (AvgIpc) is 2.90. The molecule has 136 valence electrons. The fraction of sp³-hybridized carbons (Fsp3) is 0.217. The molecule has 0 spiro atoms. The first kappa shape index (κ1) is 17.3. The molecule has 1 amide bonds. The molecule has 27 heavy (non-hydrogen) atoms. The zero-order chi connectivity index (χ0) is 19.1. The molecule has 0 unspecified atom stereocenters. The summed E-state index contributed by atoms with van der Waals surface area (Å²) < 4.78 is 0. The van der Waals surface area contributed by atoms with E-state index in [4.69, 9.17) is 0 Å². The second kappa shape index (κ2) is 6.54. The maximum atomic E-state index is 13.2. The van der Waals surface area contributed by atoms with E-state index in [0.717, 1.165) is 22.4 Å². The van der Waals surface area contributed by atoms with Crippen LogP contribution in [0.4, 0.5) is 11.5 Å². The minimum atomic E-state index is -0.289. The molecule has 0 saturated heterocycles. The van der Waals surface area contributed by atoms with Gasteiger partial charge in [0.2, 0.25) is 0 Å². The zero-order valence-electron chi connectivity index (χ0n) is 16.1. The summed E-state index contributed by atoms with van der Waals surface area (Å²) in [7, 11) is 0. The standard InChI is InChI=1S/C23H23N3O/c1-14-9-10-24-20(13-14)26-22(18-7-5-6-8-19(18)23(26)27)25-21-16(3)11-15(2)12-17(21)4/h5-13,22,25H,1-4H3/t22-/m1/s1. The van der Waals surface area contributed by atoms with E-state index in [1.165, 1.54) is 16.7 Å². The number of pyridine rings is 1. The third-order valence-corrected chi connectivity index (χ3v) is 5.07. The molecule has 3 aromatic rings. The van der Waals surface area contributed by atoms with Gasteiger partial charge in [-0.25, -0.2) is 4.98 Å². The summed E-state index contributed by atoms with van der Waals surface area (Å²) >= 11 is 0. The molecule has 1 aliphatic rings. The highest BCUT2D eigenvalue weighted by Gasteiger charge is 2.38. The number of aryl methyl sites for hydroxylation is 4. The number of carbonyl (C=O) groups is 1. The van der Waals surface area contributed by atoms with Crippen LogP contribution >= 0.6 is 0 Å². The monoisotopic (exact) mass is 357 g/mol. The van der Waals surface area contributed by atoms with Gasteiger partial charge in [-0.3, -0.25) is 9.69 Å². The van der Waals surface area contributed by atoms with Gasteiger partial charge < -0.3 is 5.32 Å². The molecule has 4 rings (SSSR count). The molecular weight excluding hydrogens is 334 g/mol. The van der Waals surface area contributed by atoms with Gasteiger partial charge in [0, 0.05) is 23.0 Å². The van der Waals surface area contributed by atoms with Crippen molar-refractivity contribution in [3.63, 3.8) is 0 Å². The van der Waals surface area contributed by atoms with Crippen LogP contribution in [0.3, 0.4) is 0 Å². The summed E-state index contributed by atoms with van der Waals surface area (Å²) in [6.45, 7) is 8.30. The second-order valence-corrected chi connectivity index (χ2v) is 7.27. The highest BCUT2D eigenvalue weighted by atomic mass is 16.2. The molecule has 0 bridgehead atoms. The lowest BCUT2D eigenvalue weighted by Crippen LogP contribution is -2.33. The first-order valence-corrected chi connectivity index (χ1v) is 9.15. The van der Waals surface area contributed by atoms with Crippen molar-refractivity contribution in [2.45, 2.75) is 33.9 Å². The molecule has 2 heterocycles. The van der Waals surface area contributed by atoms with Crippen molar-refractivity contribution < 1.29 is 4.79 Å². The summed E-state index contributed by atoms with van der Waals surface area (Å²) in [5.41, 5.74) is 7.41. The lowest BCUT2D eigenvalue weighted by molar-refractivity contribution is 0.0992. The third kappa shape index (κ3) is 2.97. The van der Waals surface area contributed by atoms with Gasteiger partial charge >= 0.3 is 0 Å². The SMILES string of the molecule is Cc1ccnc(N2C(=O)c3ccccc3[C@@H]2Nc2c(C)cc(C)cc2C)c1. The van der Waals surface area contributed by atoms with E-state index in [1.807, 2.05) is 43.3 Å². The van der Waals surface area contributed by atoms with Crippen LogP contribution in [0.15, 0.2) is 54.7 Å². The molecule has 0 radical (unpaired) electrons. The maximum Gasteiger partial charge on any atom is 0.261 e.